The Balaban J connectivity index is 2.79. The number of hydrogen-bond acceptors (Lipinski definition) is 1. The number of nitrogens with one attached hydrogen (secondary N) is 1. The molecule has 18 heavy (non-hydrogen) atoms. The number of aryl methyl sites for hydroxylation is 2. The normalized spacial score (nSPS) is 11.4. The number of carbonyl (C=O) groups is 1. The van der Waals surface area contributed by atoms with Gasteiger partial charge in [0.05, 0.1) is 0 Å². The minimum Gasteiger partial charge on any atom is -0.355 e. The molecule has 0 aromatic heterocycles. The van der Waals surface area contributed by atoms with Gasteiger partial charge in [-0.05, 0) is 25.0 Å². The number of benzene rings is 1. The first-order valence-corrected chi connectivity index (χ1v) is 6.80. The molecule has 2 nitrogen and oxygen atoms in total. The van der Waals surface area contributed by atoms with Crippen LogP contribution in [0.3, 0.4) is 0 Å². The molecule has 0 bridgehead atoms. The van der Waals surface area contributed by atoms with E-state index in [1.165, 1.54) is 16.7 Å². The predicted octanol–water partition coefficient (Wildman–Crippen LogP) is 3.33. The Hall–Kier alpha value is -1.02. The van der Waals surface area contributed by atoms with Crippen LogP contribution in [0.5, 0.6) is 0 Å². The van der Waals surface area contributed by atoms with Gasteiger partial charge in [-0.25, -0.2) is 0 Å². The van der Waals surface area contributed by atoms with Gasteiger partial charge in [-0.1, -0.05) is 37.6 Å². The highest BCUT2D eigenvalue weighted by Crippen LogP contribution is 2.26. The summed E-state index contributed by atoms with van der Waals surface area (Å²) in [4.78, 5) is 11.5. The van der Waals surface area contributed by atoms with E-state index in [1.54, 1.807) is 0 Å². The van der Waals surface area contributed by atoms with Gasteiger partial charge < -0.3 is 5.32 Å². The Labute approximate surface area is 115 Å². The van der Waals surface area contributed by atoms with E-state index < -0.39 is 0 Å². The van der Waals surface area contributed by atoms with E-state index in [-0.39, 0.29) is 11.3 Å². The molecule has 0 radical (unpaired) electrons. The van der Waals surface area contributed by atoms with Gasteiger partial charge in [0.25, 0.3) is 0 Å². The van der Waals surface area contributed by atoms with E-state index in [9.17, 15) is 4.79 Å². The van der Waals surface area contributed by atoms with Crippen molar-refractivity contribution in [1.29, 1.82) is 0 Å². The van der Waals surface area contributed by atoms with Gasteiger partial charge in [0.1, 0.15) is 0 Å². The molecule has 0 unspecified atom stereocenters. The van der Waals surface area contributed by atoms with Crippen LogP contribution in [0.2, 0.25) is 0 Å². The molecule has 0 atom stereocenters. The van der Waals surface area contributed by atoms with Crippen molar-refractivity contribution in [1.82, 2.24) is 5.32 Å². The van der Waals surface area contributed by atoms with Crippen LogP contribution >= 0.6 is 11.6 Å². The van der Waals surface area contributed by atoms with E-state index in [2.05, 4.69) is 51.2 Å². The van der Waals surface area contributed by atoms with Crippen molar-refractivity contribution >= 4 is 17.5 Å². The van der Waals surface area contributed by atoms with Crippen LogP contribution in [-0.2, 0) is 10.2 Å². The van der Waals surface area contributed by atoms with Crippen LogP contribution in [0.1, 0.15) is 37.0 Å². The van der Waals surface area contributed by atoms with Gasteiger partial charge >= 0.3 is 0 Å². The van der Waals surface area contributed by atoms with Gasteiger partial charge in [-0.2, -0.15) is 0 Å². The third-order valence-corrected chi connectivity index (χ3v) is 3.36. The molecule has 1 aromatic rings. The number of rotatable bonds is 5. The zero-order valence-corrected chi connectivity index (χ0v) is 12.4. The molecule has 0 heterocycles. The van der Waals surface area contributed by atoms with Crippen molar-refractivity contribution in [3.8, 4) is 0 Å². The van der Waals surface area contributed by atoms with Gasteiger partial charge in [-0.15, -0.1) is 11.6 Å². The Bertz CT molecular complexity index is 427. The molecular formula is C15H22ClNO. The second-order valence-electron chi connectivity index (χ2n) is 5.42. The predicted molar refractivity (Wildman–Crippen MR) is 77.3 cm³/mol. The summed E-state index contributed by atoms with van der Waals surface area (Å²) in [5, 5.41) is 2.95. The Kier molecular flexibility index (Phi) is 5.21. The number of amides is 1. The fraction of sp³-hybridized carbons (Fsp3) is 0.533. The molecule has 1 aromatic carbocycles. The third-order valence-electron chi connectivity index (χ3n) is 3.17. The quantitative estimate of drug-likeness (QED) is 0.815. The monoisotopic (exact) mass is 267 g/mol. The lowest BCUT2D eigenvalue weighted by Gasteiger charge is -2.28. The molecule has 0 saturated heterocycles. The molecule has 0 aliphatic heterocycles. The van der Waals surface area contributed by atoms with Crippen LogP contribution in [0.15, 0.2) is 18.2 Å². The highest BCUT2D eigenvalue weighted by Gasteiger charge is 2.23. The molecule has 0 aliphatic carbocycles. The van der Waals surface area contributed by atoms with Gasteiger partial charge in [0.2, 0.25) is 5.91 Å². The zero-order chi connectivity index (χ0) is 13.8. The minimum atomic E-state index is -0.0714. The second-order valence-corrected chi connectivity index (χ2v) is 5.80. The van der Waals surface area contributed by atoms with Crippen LogP contribution in [0, 0.1) is 13.8 Å². The Morgan fingerprint density at radius 1 is 1.33 bits per heavy atom. The molecule has 1 amide bonds. The molecule has 100 valence electrons. The fourth-order valence-corrected chi connectivity index (χ4v) is 2.23. The highest BCUT2D eigenvalue weighted by atomic mass is 35.5. The van der Waals surface area contributed by atoms with Crippen LogP contribution in [0.25, 0.3) is 0 Å². The van der Waals surface area contributed by atoms with E-state index >= 15 is 0 Å². The number of halogens is 1. The molecule has 0 aliphatic rings. The largest absolute Gasteiger partial charge is 0.355 e. The Morgan fingerprint density at radius 3 is 2.61 bits per heavy atom. The van der Waals surface area contributed by atoms with Crippen LogP contribution in [-0.4, -0.2) is 18.3 Å². The molecule has 0 saturated carbocycles. The van der Waals surface area contributed by atoms with Crippen LogP contribution < -0.4 is 5.32 Å². The molecule has 1 rings (SSSR count). The molecule has 0 fully saturated rings. The maximum atomic E-state index is 11.5. The van der Waals surface area contributed by atoms with Crippen molar-refractivity contribution < 1.29 is 4.79 Å². The average Bonchev–Trinajstić information content (AvgIpc) is 2.30. The number of alkyl halides is 1. The number of carbonyl (C=O) groups excluding carboxylic acids is 1. The van der Waals surface area contributed by atoms with E-state index in [4.69, 9.17) is 11.6 Å². The summed E-state index contributed by atoms with van der Waals surface area (Å²) in [7, 11) is 0. The molecule has 0 spiro atoms. The van der Waals surface area contributed by atoms with Crippen molar-refractivity contribution in [3.05, 3.63) is 34.9 Å². The lowest BCUT2D eigenvalue weighted by atomic mass is 9.81. The summed E-state index contributed by atoms with van der Waals surface area (Å²) < 4.78 is 0. The molecule has 3 heteroatoms. The van der Waals surface area contributed by atoms with Gasteiger partial charge in [-0.3, -0.25) is 4.79 Å². The third kappa shape index (κ3) is 4.02. The van der Waals surface area contributed by atoms with Crippen molar-refractivity contribution in [2.24, 2.45) is 0 Å². The first-order chi connectivity index (χ1) is 8.36. The first kappa shape index (κ1) is 15.0. The summed E-state index contributed by atoms with van der Waals surface area (Å²) in [5.74, 6) is 0.388. The second kappa shape index (κ2) is 6.24. The number of hydrogen-bond donors (Lipinski definition) is 1. The standard InChI is InChI=1S/C15H22ClNO/c1-11-5-6-12(2)13(9-11)15(3,4)10-17-14(18)7-8-16/h5-6,9H,7-8,10H2,1-4H3,(H,17,18). The van der Waals surface area contributed by atoms with E-state index in [0.29, 0.717) is 18.8 Å². The zero-order valence-electron chi connectivity index (χ0n) is 11.6. The van der Waals surface area contributed by atoms with Crippen LogP contribution in [0.4, 0.5) is 0 Å². The maximum Gasteiger partial charge on any atom is 0.221 e. The van der Waals surface area contributed by atoms with Gasteiger partial charge in [0.15, 0.2) is 0 Å². The van der Waals surface area contributed by atoms with E-state index in [1.807, 2.05) is 0 Å². The van der Waals surface area contributed by atoms with Crippen molar-refractivity contribution in [3.63, 3.8) is 0 Å². The maximum absolute atomic E-state index is 11.5. The van der Waals surface area contributed by atoms with Gasteiger partial charge in [0, 0.05) is 24.3 Å². The minimum absolute atomic E-state index is 0.0170. The average molecular weight is 268 g/mol. The topological polar surface area (TPSA) is 29.1 Å². The highest BCUT2D eigenvalue weighted by molar-refractivity contribution is 6.18. The summed E-state index contributed by atoms with van der Waals surface area (Å²) >= 11 is 5.55. The fourth-order valence-electron chi connectivity index (χ4n) is 2.05. The Morgan fingerprint density at radius 2 is 2.00 bits per heavy atom. The van der Waals surface area contributed by atoms with Crippen molar-refractivity contribution in [2.75, 3.05) is 12.4 Å². The molecular weight excluding hydrogens is 246 g/mol. The first-order valence-electron chi connectivity index (χ1n) is 6.27. The lowest BCUT2D eigenvalue weighted by molar-refractivity contribution is -0.120. The summed E-state index contributed by atoms with van der Waals surface area (Å²) in [6.45, 7) is 9.13. The summed E-state index contributed by atoms with van der Waals surface area (Å²) in [5.41, 5.74) is 3.72. The smallest absolute Gasteiger partial charge is 0.221 e. The summed E-state index contributed by atoms with van der Waals surface area (Å²) in [6.07, 6.45) is 0.379. The van der Waals surface area contributed by atoms with Crippen molar-refractivity contribution in [2.45, 2.75) is 39.5 Å². The lowest BCUT2D eigenvalue weighted by Crippen LogP contribution is -2.37. The van der Waals surface area contributed by atoms with E-state index in [0.717, 1.165) is 0 Å². The summed E-state index contributed by atoms with van der Waals surface area (Å²) in [6, 6.07) is 6.44. The SMILES string of the molecule is Cc1ccc(C)c(C(C)(C)CNC(=O)CCCl)c1. The molecule has 1 N–H and O–H groups in total.